The van der Waals surface area contributed by atoms with Gasteiger partial charge in [-0.15, -0.1) is 0 Å². The third kappa shape index (κ3) is 30.2. The summed E-state index contributed by atoms with van der Waals surface area (Å²) >= 11 is 2.21. The van der Waals surface area contributed by atoms with Gasteiger partial charge in [0.2, 0.25) is 0 Å². The molecule has 34 aliphatic carbocycles. The molecule has 0 spiro atoms. The Morgan fingerprint density at radius 1 is 0.164 bits per heavy atom. The second-order valence-electron chi connectivity index (χ2n) is 55.5. The summed E-state index contributed by atoms with van der Waals surface area (Å²) in [6.45, 7) is 8.67. The monoisotopic (exact) mass is 1870 g/mol. The highest BCUT2D eigenvalue weighted by Crippen LogP contribution is 2.56. The summed E-state index contributed by atoms with van der Waals surface area (Å²) in [5.74, 6) is 31.2. The van der Waals surface area contributed by atoms with E-state index in [4.69, 9.17) is 28.4 Å². The molecule has 40 bridgehead atoms. The lowest BCUT2D eigenvalue weighted by Gasteiger charge is -2.49. The summed E-state index contributed by atoms with van der Waals surface area (Å²) in [7, 11) is 0. The smallest absolute Gasteiger partial charge is 0.0628 e. The van der Waals surface area contributed by atoms with Crippen LogP contribution in [0.2, 0.25) is 0 Å². The number of rotatable bonds is 0. The van der Waals surface area contributed by atoms with E-state index in [1.807, 2.05) is 0 Å². The van der Waals surface area contributed by atoms with Crippen LogP contribution in [0, 0.1) is 154 Å². The minimum Gasteiger partial charge on any atom is -0.378 e. The summed E-state index contributed by atoms with van der Waals surface area (Å²) in [6, 6.07) is 2.76. The van der Waals surface area contributed by atoms with E-state index in [1.54, 1.807) is 289 Å². The molecule has 53 aliphatic rings. The zero-order chi connectivity index (χ0) is 89.6. The second kappa shape index (κ2) is 50.6. The first-order valence-corrected chi connectivity index (χ1v) is 63.7. The van der Waals surface area contributed by atoms with E-state index < -0.39 is 0 Å². The third-order valence-electron chi connectivity index (χ3n) is 45.5. The molecule has 9 nitrogen and oxygen atoms in total. The van der Waals surface area contributed by atoms with Gasteiger partial charge >= 0.3 is 0 Å². The Balaban J connectivity index is 0.0000000848. The van der Waals surface area contributed by atoms with Gasteiger partial charge in [0, 0.05) is 43.2 Å². The largest absolute Gasteiger partial charge is 0.378 e. The number of nitrogens with one attached hydrogen (secondary N) is 2. The van der Waals surface area contributed by atoms with Gasteiger partial charge in [-0.3, -0.25) is 0 Å². The van der Waals surface area contributed by atoms with Crippen molar-refractivity contribution in [2.75, 3.05) is 51.8 Å². The highest BCUT2D eigenvalue weighted by Gasteiger charge is 2.46. The standard InChI is InChI=1S/2C8H14.C7H13N.C7H12O.C7H12S.3C7H12.2C6H11N.2C6H10O.3C6H10.2C5H8O.2C5H8.C4H6O/c2*1-2-8-5-3-7(1)4-6-8;1-4-8-5-2-7(1)3-6-8;2*1-3-7-4-2-6(1)5-8-7;3*1-2-7-4-3-6(1)5-7;1-2-6-3-5(1)4-7-6;1-2-6-4-3-5(1)7-6;1-2-6-3-5(1)4-7-6;1-2-6-4-3-5(1)7-6;3*1-2-6-3-5(1)4-6;1-4-2-5(1)6-3-4;1-2-5-3-4(1)6-5;2*1-4-2-5(1)3-4;1-3-2-4(1)5-3/h2*7-8H,1-6H2;7H,1-6H2;2*6-7H,1-5H2;3*6-7H,1-5H2;2*5-7H,1-4H2;2*5-6H,1-4H2;3*5-6H,1-4H2;2*4-5H,1-3H2;2*4-5H,1-3H2;3-4H,1-2H2. The third-order valence-corrected chi connectivity index (χ3v) is 47.1. The molecule has 34 saturated carbocycles. The quantitative estimate of drug-likeness (QED) is 0.245. The molecular weight excluding hydrogens is 1660 g/mol. The Bertz CT molecular complexity index is 2420. The maximum Gasteiger partial charge on any atom is 0.0628 e. The Kier molecular flexibility index (Phi) is 37.7. The molecule has 764 valence electrons. The first kappa shape index (κ1) is 99.9. The van der Waals surface area contributed by atoms with Crippen LogP contribution in [0.1, 0.15) is 494 Å². The first-order chi connectivity index (χ1) is 66.0. The molecule has 0 radical (unpaired) electrons. The van der Waals surface area contributed by atoms with Crippen LogP contribution in [-0.4, -0.2) is 135 Å². The topological polar surface area (TPSA) is 82.7 Å². The van der Waals surface area contributed by atoms with Crippen LogP contribution in [0.15, 0.2) is 0 Å². The molecule has 0 amide bonds. The van der Waals surface area contributed by atoms with Crippen molar-refractivity contribution in [2.24, 2.45) is 154 Å². The summed E-state index contributed by atoms with van der Waals surface area (Å²) in [4.78, 5) is 2.58. The molecule has 53 fully saturated rings. The number of thioether (sulfide) groups is 1. The highest BCUT2D eigenvalue weighted by molar-refractivity contribution is 8.00. The number of nitrogens with zero attached hydrogens (tertiary/aromatic N) is 1. The Morgan fingerprint density at radius 2 is 0.418 bits per heavy atom. The normalized spacial score (nSPS) is 49.1. The Hall–Kier alpha value is -0.0100. The van der Waals surface area contributed by atoms with Gasteiger partial charge in [-0.2, -0.15) is 11.8 Å². The fraction of sp³-hybridized carbons (Fsp3) is 1.00. The lowest BCUT2D eigenvalue weighted by atomic mass is 9.56. The first-order valence-electron chi connectivity index (χ1n) is 62.6. The molecule has 0 aromatic heterocycles. The molecular formula is C124H211N3O6S. The average molecular weight is 1870 g/mol. The number of fused-ring (bicyclic) bond motifs is 34. The van der Waals surface area contributed by atoms with Gasteiger partial charge in [0.25, 0.3) is 0 Å². The van der Waals surface area contributed by atoms with Gasteiger partial charge in [0.1, 0.15) is 0 Å². The zero-order valence-corrected chi connectivity index (χ0v) is 87.7. The van der Waals surface area contributed by atoms with Gasteiger partial charge in [-0.1, -0.05) is 193 Å². The predicted molar refractivity (Wildman–Crippen MR) is 557 cm³/mol. The highest BCUT2D eigenvalue weighted by atomic mass is 32.2. The lowest BCUT2D eigenvalue weighted by Crippen LogP contribution is -2.52. The molecule has 6 unspecified atom stereocenters. The van der Waals surface area contributed by atoms with Crippen LogP contribution in [0.3, 0.4) is 0 Å². The second-order valence-corrected chi connectivity index (χ2v) is 56.9. The van der Waals surface area contributed by atoms with Crippen molar-refractivity contribution in [3.8, 4) is 0 Å². The van der Waals surface area contributed by atoms with Crippen molar-refractivity contribution in [1.82, 2.24) is 15.5 Å². The van der Waals surface area contributed by atoms with Crippen LogP contribution in [0.25, 0.3) is 0 Å². The minimum atomic E-state index is 0.653. The lowest BCUT2D eigenvalue weighted by molar-refractivity contribution is -0.237. The van der Waals surface area contributed by atoms with Crippen LogP contribution >= 0.6 is 11.8 Å². The van der Waals surface area contributed by atoms with Crippen molar-refractivity contribution in [1.29, 1.82) is 0 Å². The van der Waals surface area contributed by atoms with Crippen molar-refractivity contribution in [3.05, 3.63) is 0 Å². The maximum atomic E-state index is 5.48. The molecule has 19 saturated heterocycles. The van der Waals surface area contributed by atoms with Gasteiger partial charge < -0.3 is 44.0 Å². The van der Waals surface area contributed by atoms with E-state index in [0.29, 0.717) is 54.9 Å². The Labute approximate surface area is 828 Å². The number of hydrogen-bond acceptors (Lipinski definition) is 10. The average Bonchev–Trinajstić information content (AvgIpc) is 0.882. The minimum absolute atomic E-state index is 0.653. The van der Waals surface area contributed by atoms with Crippen LogP contribution in [0.4, 0.5) is 0 Å². The van der Waals surface area contributed by atoms with Crippen LogP contribution in [0.5, 0.6) is 0 Å². The summed E-state index contributed by atoms with van der Waals surface area (Å²) in [6.07, 6.45) is 122. The van der Waals surface area contributed by atoms with Crippen molar-refractivity contribution < 1.29 is 28.4 Å². The molecule has 2 N–H and O–H groups in total. The molecule has 6 atom stereocenters. The molecule has 19 heterocycles. The van der Waals surface area contributed by atoms with Gasteiger partial charge in [-0.05, 0) is 488 Å². The van der Waals surface area contributed by atoms with Crippen molar-refractivity contribution >= 4 is 11.8 Å². The molecule has 0 aromatic carbocycles. The number of ether oxygens (including phenoxy) is 6. The van der Waals surface area contributed by atoms with Gasteiger partial charge in [0.15, 0.2) is 0 Å². The van der Waals surface area contributed by atoms with Gasteiger partial charge in [-0.25, -0.2) is 0 Å². The zero-order valence-electron chi connectivity index (χ0n) is 86.9. The fourth-order valence-electron chi connectivity index (χ4n) is 34.3. The summed E-state index contributed by atoms with van der Waals surface area (Å²) in [5.41, 5.74) is 0. The van der Waals surface area contributed by atoms with E-state index in [2.05, 4.69) is 27.3 Å². The Morgan fingerprint density at radius 3 is 0.507 bits per heavy atom. The molecule has 19 aliphatic heterocycles. The van der Waals surface area contributed by atoms with Crippen molar-refractivity contribution in [3.63, 3.8) is 0 Å². The SMILES string of the molecule is C1C2CC1C2.C1C2CC1C2.C1C2CC1O2.C1CC2CC1C2.C1CC2CC1C2.C1CC2CC1C2.C1CC2CC1CN2.C1CC2CC1CO2.C1CC2CC1O2.C1CC2CCC1C2.C1CC2CCC1C2.C1CC2CCC1C2.C1CC2CCC1CC2.C1CC2CCC1CC2.C1CC2CCC1CO2.C1CC2CCC1CS2.C1CC2CCC1N2.C1CC2CCC1O2.C1CN2CCC1CC2.C1OC2CC1C2. The molecule has 53 rings (SSSR count). The van der Waals surface area contributed by atoms with E-state index >= 15 is 0 Å². The summed E-state index contributed by atoms with van der Waals surface area (Å²) < 4.78 is 31.8. The van der Waals surface area contributed by atoms with E-state index in [9.17, 15) is 0 Å². The van der Waals surface area contributed by atoms with E-state index in [1.165, 1.54) is 332 Å². The van der Waals surface area contributed by atoms with Gasteiger partial charge in [0.05, 0.1) is 54.9 Å². The molecule has 10 heteroatoms. The van der Waals surface area contributed by atoms with Crippen LogP contribution in [-0.2, 0) is 28.4 Å². The van der Waals surface area contributed by atoms with Crippen LogP contribution < -0.4 is 10.6 Å². The number of piperidine rings is 4. The fourth-order valence-corrected chi connectivity index (χ4v) is 35.8. The summed E-state index contributed by atoms with van der Waals surface area (Å²) in [5, 5.41) is 8.05. The number of hydrogen-bond donors (Lipinski definition) is 2. The predicted octanol–water partition coefficient (Wildman–Crippen LogP) is 31.4. The van der Waals surface area contributed by atoms with E-state index in [0.717, 1.165) is 102 Å². The maximum absolute atomic E-state index is 5.48. The molecule has 134 heavy (non-hydrogen) atoms. The molecule has 0 aromatic rings. The van der Waals surface area contributed by atoms with E-state index in [-0.39, 0.29) is 0 Å². The van der Waals surface area contributed by atoms with Crippen molar-refractivity contribution in [2.45, 2.75) is 573 Å².